The van der Waals surface area contributed by atoms with Crippen molar-refractivity contribution in [3.05, 3.63) is 87.8 Å². The van der Waals surface area contributed by atoms with Crippen molar-refractivity contribution >= 4 is 50.9 Å². The molecule has 10 heteroatoms. The van der Waals surface area contributed by atoms with Crippen LogP contribution in [0, 0.1) is 0 Å². The highest BCUT2D eigenvalue weighted by Crippen LogP contribution is 2.38. The Bertz CT molecular complexity index is 1790. The first-order chi connectivity index (χ1) is 22.8. The van der Waals surface area contributed by atoms with E-state index in [2.05, 4.69) is 6.07 Å². The van der Waals surface area contributed by atoms with E-state index in [1.807, 2.05) is 86.3 Å². The summed E-state index contributed by atoms with van der Waals surface area (Å²) in [5.74, 6) is 0.501. The normalized spacial score (nSPS) is 16.3. The summed E-state index contributed by atoms with van der Waals surface area (Å²) in [4.78, 5) is 45.5. The smallest absolute Gasteiger partial charge is 0.410 e. The van der Waals surface area contributed by atoms with Crippen LogP contribution in [0.5, 0.6) is 5.75 Å². The van der Waals surface area contributed by atoms with E-state index in [-0.39, 0.29) is 30.0 Å². The van der Waals surface area contributed by atoms with Crippen LogP contribution >= 0.6 is 22.9 Å². The molecule has 0 spiro atoms. The van der Waals surface area contributed by atoms with Gasteiger partial charge in [-0.2, -0.15) is 0 Å². The Kier molecular flexibility index (Phi) is 10.7. The van der Waals surface area contributed by atoms with E-state index in [0.717, 1.165) is 52.5 Å². The van der Waals surface area contributed by atoms with Crippen molar-refractivity contribution in [1.29, 1.82) is 0 Å². The minimum absolute atomic E-state index is 0.0201. The number of rotatable bonds is 8. The van der Waals surface area contributed by atoms with Crippen molar-refractivity contribution in [2.75, 3.05) is 28.3 Å². The molecule has 1 aliphatic carbocycles. The molecule has 48 heavy (non-hydrogen) atoms. The average Bonchev–Trinajstić information content (AvgIpc) is 3.41. The summed E-state index contributed by atoms with van der Waals surface area (Å²) < 4.78 is 12.3. The van der Waals surface area contributed by atoms with Crippen LogP contribution in [0.25, 0.3) is 21.2 Å². The van der Waals surface area contributed by atoms with Gasteiger partial charge in [0.2, 0.25) is 0 Å². The number of benzene rings is 3. The minimum Gasteiger partial charge on any atom is -0.497 e. The molecule has 3 aromatic carbocycles. The number of amides is 3. The summed E-state index contributed by atoms with van der Waals surface area (Å²) in [6.07, 6.45) is 2.60. The lowest BCUT2D eigenvalue weighted by atomic mass is 9.89. The lowest BCUT2D eigenvalue weighted by Crippen LogP contribution is -2.47. The molecule has 0 unspecified atom stereocenters. The Balaban J connectivity index is 1.45. The summed E-state index contributed by atoms with van der Waals surface area (Å²) in [5, 5.41) is 1.35. The van der Waals surface area contributed by atoms with Crippen LogP contribution in [0.2, 0.25) is 5.02 Å². The number of thiophene rings is 1. The van der Waals surface area contributed by atoms with Gasteiger partial charge in [-0.05, 0) is 99.5 Å². The van der Waals surface area contributed by atoms with Crippen molar-refractivity contribution in [2.24, 2.45) is 0 Å². The van der Waals surface area contributed by atoms with E-state index in [1.54, 1.807) is 38.1 Å². The molecule has 0 aliphatic heterocycles. The van der Waals surface area contributed by atoms with Crippen molar-refractivity contribution < 1.29 is 23.9 Å². The summed E-state index contributed by atoms with van der Waals surface area (Å²) in [6.45, 7) is 5.94. The van der Waals surface area contributed by atoms with Gasteiger partial charge < -0.3 is 24.2 Å². The highest BCUT2D eigenvalue weighted by molar-refractivity contribution is 7.21. The Morgan fingerprint density at radius 3 is 2.10 bits per heavy atom. The standard InChI is InChI=1S/C38H44ClN3O5S/c1-38(2,3)47-37(45)41(6)28-16-18-29(19-17-28)42(36(44)34-33(39)31-10-8-9-11-32(31)48-34)23-24-20-27(22-30(21-24)46-7)25-12-14-26(15-13-25)35(43)40(4)5/h8-15,20-22,28-29H,16-19,23H2,1-7H3. The van der Waals surface area contributed by atoms with E-state index in [4.69, 9.17) is 21.1 Å². The third-order valence-corrected chi connectivity index (χ3v) is 10.4. The van der Waals surface area contributed by atoms with Gasteiger partial charge in [-0.15, -0.1) is 11.3 Å². The van der Waals surface area contributed by atoms with Crippen LogP contribution in [0.3, 0.4) is 0 Å². The zero-order valence-corrected chi connectivity index (χ0v) is 30.3. The zero-order chi connectivity index (χ0) is 34.7. The monoisotopic (exact) mass is 689 g/mol. The van der Waals surface area contributed by atoms with Gasteiger partial charge in [0.05, 0.1) is 12.1 Å². The summed E-state index contributed by atoms with van der Waals surface area (Å²) in [7, 11) is 6.88. The Morgan fingerprint density at radius 2 is 1.50 bits per heavy atom. The number of methoxy groups -OCH3 is 1. The number of fused-ring (bicyclic) bond motifs is 1. The van der Waals surface area contributed by atoms with Crippen LogP contribution in [0.1, 0.15) is 72.0 Å². The van der Waals surface area contributed by atoms with Gasteiger partial charge in [-0.1, -0.05) is 41.9 Å². The van der Waals surface area contributed by atoms with Gasteiger partial charge in [0.1, 0.15) is 16.2 Å². The lowest BCUT2D eigenvalue weighted by molar-refractivity contribution is 0.0144. The van der Waals surface area contributed by atoms with Gasteiger partial charge in [-0.25, -0.2) is 4.79 Å². The highest BCUT2D eigenvalue weighted by atomic mass is 35.5. The maximum Gasteiger partial charge on any atom is 0.410 e. The molecule has 4 aromatic rings. The number of hydrogen-bond donors (Lipinski definition) is 0. The first-order valence-electron chi connectivity index (χ1n) is 16.2. The number of hydrogen-bond acceptors (Lipinski definition) is 6. The van der Waals surface area contributed by atoms with E-state index < -0.39 is 5.60 Å². The molecule has 1 aromatic heterocycles. The van der Waals surface area contributed by atoms with Crippen molar-refractivity contribution in [1.82, 2.24) is 14.7 Å². The molecular weight excluding hydrogens is 646 g/mol. The maximum atomic E-state index is 14.5. The molecule has 1 fully saturated rings. The summed E-state index contributed by atoms with van der Waals surface area (Å²) in [6, 6.07) is 21.2. The largest absolute Gasteiger partial charge is 0.497 e. The molecule has 3 amide bonds. The molecule has 254 valence electrons. The molecule has 1 aliphatic rings. The SMILES string of the molecule is COc1cc(CN(C(=O)c2sc3ccccc3c2Cl)C2CCC(N(C)C(=O)OC(C)(C)C)CC2)cc(-c2ccc(C(=O)N(C)C)cc2)c1. The van der Waals surface area contributed by atoms with E-state index in [0.29, 0.717) is 27.8 Å². The Morgan fingerprint density at radius 1 is 0.854 bits per heavy atom. The Labute approximate surface area is 292 Å². The first kappa shape index (κ1) is 35.2. The molecule has 0 bridgehead atoms. The van der Waals surface area contributed by atoms with Crippen LogP contribution < -0.4 is 4.74 Å². The number of carbonyl (C=O) groups excluding carboxylic acids is 3. The molecule has 5 rings (SSSR count). The highest BCUT2D eigenvalue weighted by Gasteiger charge is 2.35. The molecule has 0 atom stereocenters. The molecule has 1 heterocycles. The third-order valence-electron chi connectivity index (χ3n) is 8.75. The second-order valence-electron chi connectivity index (χ2n) is 13.6. The van der Waals surface area contributed by atoms with E-state index >= 15 is 0 Å². The van der Waals surface area contributed by atoms with Crippen molar-refractivity contribution in [2.45, 2.75) is 70.7 Å². The second kappa shape index (κ2) is 14.6. The molecule has 8 nitrogen and oxygen atoms in total. The fourth-order valence-corrected chi connectivity index (χ4v) is 7.65. The average molecular weight is 690 g/mol. The quantitative estimate of drug-likeness (QED) is 0.185. The summed E-state index contributed by atoms with van der Waals surface area (Å²) >= 11 is 8.27. The zero-order valence-electron chi connectivity index (χ0n) is 28.7. The molecule has 0 radical (unpaired) electrons. The van der Waals surface area contributed by atoms with Crippen LogP contribution in [0.4, 0.5) is 4.79 Å². The van der Waals surface area contributed by atoms with E-state index in [1.165, 1.54) is 11.3 Å². The van der Waals surface area contributed by atoms with Crippen LogP contribution in [-0.2, 0) is 11.3 Å². The molecular formula is C38H44ClN3O5S. The predicted octanol–water partition coefficient (Wildman–Crippen LogP) is 8.75. The summed E-state index contributed by atoms with van der Waals surface area (Å²) in [5.41, 5.74) is 2.80. The van der Waals surface area contributed by atoms with Gasteiger partial charge in [0.15, 0.2) is 0 Å². The lowest BCUT2D eigenvalue weighted by Gasteiger charge is -2.40. The van der Waals surface area contributed by atoms with E-state index in [9.17, 15) is 14.4 Å². The molecule has 1 saturated carbocycles. The number of carbonyl (C=O) groups is 3. The Hall–Kier alpha value is -4.08. The van der Waals surface area contributed by atoms with Gasteiger partial charge in [-0.3, -0.25) is 9.59 Å². The van der Waals surface area contributed by atoms with Crippen molar-refractivity contribution in [3.8, 4) is 16.9 Å². The van der Waals surface area contributed by atoms with Crippen LogP contribution in [-0.4, -0.2) is 78.5 Å². The number of nitrogens with zero attached hydrogens (tertiary/aromatic N) is 3. The second-order valence-corrected chi connectivity index (χ2v) is 15.0. The number of ether oxygens (including phenoxy) is 2. The topological polar surface area (TPSA) is 79.4 Å². The van der Waals surface area contributed by atoms with Gasteiger partial charge >= 0.3 is 6.09 Å². The maximum absolute atomic E-state index is 14.5. The fraction of sp³-hybridized carbons (Fsp3) is 0.395. The third kappa shape index (κ3) is 7.96. The van der Waals surface area contributed by atoms with Gasteiger partial charge in [0, 0.05) is 55.4 Å². The minimum atomic E-state index is -0.573. The van der Waals surface area contributed by atoms with Gasteiger partial charge in [0.25, 0.3) is 11.8 Å². The first-order valence-corrected chi connectivity index (χ1v) is 17.4. The fourth-order valence-electron chi connectivity index (χ4n) is 6.19. The number of halogens is 1. The molecule has 0 saturated heterocycles. The van der Waals surface area contributed by atoms with Crippen LogP contribution in [0.15, 0.2) is 66.7 Å². The molecule has 0 N–H and O–H groups in total. The predicted molar refractivity (Wildman–Crippen MR) is 193 cm³/mol. The van der Waals surface area contributed by atoms with Crippen molar-refractivity contribution in [3.63, 3.8) is 0 Å².